The van der Waals surface area contributed by atoms with E-state index in [1.165, 1.54) is 19.2 Å². The molecule has 2 aliphatic carbocycles. The van der Waals surface area contributed by atoms with Crippen molar-refractivity contribution in [2.24, 2.45) is 11.3 Å². The van der Waals surface area contributed by atoms with Crippen molar-refractivity contribution in [1.29, 1.82) is 0 Å². The van der Waals surface area contributed by atoms with Gasteiger partial charge in [-0.1, -0.05) is 38.1 Å². The molecule has 1 unspecified atom stereocenters. The van der Waals surface area contributed by atoms with Crippen LogP contribution in [-0.2, 0) is 20.2 Å². The van der Waals surface area contributed by atoms with Crippen molar-refractivity contribution in [3.8, 4) is 33.6 Å². The summed E-state index contributed by atoms with van der Waals surface area (Å²) >= 11 is 0. The van der Waals surface area contributed by atoms with E-state index in [0.717, 1.165) is 32.1 Å². The lowest BCUT2D eigenvalue weighted by atomic mass is 10.0. The largest absolute Gasteiger partial charge is 0.453 e. The highest BCUT2D eigenvalue weighted by Gasteiger charge is 2.55. The highest BCUT2D eigenvalue weighted by Crippen LogP contribution is 2.58. The van der Waals surface area contributed by atoms with E-state index in [1.807, 2.05) is 46.8 Å². The van der Waals surface area contributed by atoms with Crippen LogP contribution in [0.1, 0.15) is 102 Å². The van der Waals surface area contributed by atoms with E-state index in [-0.39, 0.29) is 40.5 Å². The number of imidazole rings is 2. The number of carbonyl (C=O) groups excluding carboxylic acids is 3. The molecule has 12 nitrogen and oxygen atoms in total. The van der Waals surface area contributed by atoms with Gasteiger partial charge in [-0.25, -0.2) is 19.6 Å². The van der Waals surface area contributed by atoms with Crippen molar-refractivity contribution in [1.82, 2.24) is 35.1 Å². The van der Waals surface area contributed by atoms with E-state index in [0.29, 0.717) is 58.4 Å². The van der Waals surface area contributed by atoms with Gasteiger partial charge in [0.25, 0.3) is 5.92 Å². The van der Waals surface area contributed by atoms with E-state index in [4.69, 9.17) is 9.47 Å². The number of fused-ring (bicyclic) bond motifs is 3. The molecule has 55 heavy (non-hydrogen) atoms. The first kappa shape index (κ1) is 36.7. The molecule has 3 atom stereocenters. The predicted octanol–water partition coefficient (Wildman–Crippen LogP) is 8.09. The molecule has 3 fully saturated rings. The van der Waals surface area contributed by atoms with Crippen LogP contribution in [-0.4, -0.2) is 79.7 Å². The van der Waals surface area contributed by atoms with Crippen LogP contribution < -0.4 is 5.32 Å². The first-order chi connectivity index (χ1) is 26.1. The molecule has 4 heterocycles. The van der Waals surface area contributed by atoms with E-state index < -0.39 is 29.8 Å². The molecule has 1 saturated carbocycles. The summed E-state index contributed by atoms with van der Waals surface area (Å²) in [5.41, 5.74) is 2.40. The number of hydrogen-bond donors (Lipinski definition) is 3. The number of amides is 3. The van der Waals surface area contributed by atoms with Gasteiger partial charge in [0, 0.05) is 35.3 Å². The van der Waals surface area contributed by atoms with Crippen LogP contribution in [0.3, 0.4) is 0 Å². The number of carbonyl (C=O) groups is 3. The standard InChI is InChI=1S/C41H47F2N7O5/c1-22(2)33(48-37(52)54-6)36(51)50-21-40(13-14-40)18-32(50)35-45-20-30(47-35)24-10-12-26-25-11-9-23(16-27(25)41(42,43)28(26)17-24)29-19-44-34(46-29)31-8-7-15-49(31)38(53)55-39(3,4)5/h9-12,16-17,19-20,22,31-33H,7-8,13-15,18,21H2,1-6H3,(H,44,46)(H,45,47)(H,48,52)/t31-,32-,33?/m0/s1. The number of nitrogens with one attached hydrogen (secondary N) is 3. The summed E-state index contributed by atoms with van der Waals surface area (Å²) in [6, 6.07) is 8.68. The van der Waals surface area contributed by atoms with Crippen LogP contribution in [0.4, 0.5) is 18.4 Å². The van der Waals surface area contributed by atoms with E-state index >= 15 is 8.78 Å². The number of alkyl carbamates (subject to hydrolysis) is 1. The minimum absolute atomic E-state index is 0.0228. The average molecular weight is 756 g/mol. The van der Waals surface area contributed by atoms with E-state index in [1.54, 1.807) is 34.3 Å². The third kappa shape index (κ3) is 6.63. The molecule has 2 aromatic carbocycles. The Kier molecular flexibility index (Phi) is 8.80. The number of aromatic amines is 2. The summed E-state index contributed by atoms with van der Waals surface area (Å²) in [6.07, 6.45) is 6.46. The van der Waals surface area contributed by atoms with Crippen molar-refractivity contribution in [3.63, 3.8) is 0 Å². The third-order valence-corrected chi connectivity index (χ3v) is 11.5. The molecule has 0 radical (unpaired) electrons. The Morgan fingerprint density at radius 1 is 0.909 bits per heavy atom. The number of likely N-dealkylation sites (tertiary alicyclic amines) is 2. The molecule has 1 spiro atoms. The summed E-state index contributed by atoms with van der Waals surface area (Å²) in [5.74, 6) is -2.47. The second kappa shape index (κ2) is 13.2. The van der Waals surface area contributed by atoms with Gasteiger partial charge in [0.15, 0.2) is 0 Å². The van der Waals surface area contributed by atoms with Gasteiger partial charge in [0.1, 0.15) is 23.3 Å². The second-order valence-corrected chi connectivity index (χ2v) is 16.8. The number of aromatic nitrogens is 4. The van der Waals surface area contributed by atoms with Crippen molar-refractivity contribution in [2.45, 2.75) is 96.4 Å². The Hall–Kier alpha value is -5.27. The number of halogens is 2. The molecule has 14 heteroatoms. The number of hydrogen-bond acceptors (Lipinski definition) is 7. The molecular weight excluding hydrogens is 708 g/mol. The number of H-pyrrole nitrogens is 2. The zero-order chi connectivity index (χ0) is 39.0. The molecule has 290 valence electrons. The molecule has 2 aliphatic heterocycles. The van der Waals surface area contributed by atoms with Crippen LogP contribution >= 0.6 is 0 Å². The number of rotatable bonds is 7. The molecule has 2 aromatic heterocycles. The molecule has 3 N–H and O–H groups in total. The fraction of sp³-hybridized carbons (Fsp3) is 0.488. The highest BCUT2D eigenvalue weighted by atomic mass is 19.3. The molecule has 3 amide bonds. The van der Waals surface area contributed by atoms with Gasteiger partial charge in [-0.05, 0) is 87.5 Å². The summed E-state index contributed by atoms with van der Waals surface area (Å²) in [5, 5.41) is 2.69. The summed E-state index contributed by atoms with van der Waals surface area (Å²) < 4.78 is 43.2. The van der Waals surface area contributed by atoms with Gasteiger partial charge in [-0.3, -0.25) is 9.69 Å². The maximum Gasteiger partial charge on any atom is 0.410 e. The van der Waals surface area contributed by atoms with Crippen LogP contribution in [0.2, 0.25) is 0 Å². The Labute approximate surface area is 318 Å². The first-order valence-electron chi connectivity index (χ1n) is 19.0. The lowest BCUT2D eigenvalue weighted by molar-refractivity contribution is -0.135. The predicted molar refractivity (Wildman–Crippen MR) is 200 cm³/mol. The summed E-state index contributed by atoms with van der Waals surface area (Å²) in [4.78, 5) is 58.2. The summed E-state index contributed by atoms with van der Waals surface area (Å²) in [6.45, 7) is 10.3. The van der Waals surface area contributed by atoms with Gasteiger partial charge >= 0.3 is 12.2 Å². The maximum absolute atomic E-state index is 16.4. The molecular formula is C41H47F2N7O5. The minimum Gasteiger partial charge on any atom is -0.453 e. The second-order valence-electron chi connectivity index (χ2n) is 16.8. The average Bonchev–Trinajstić information content (AvgIpc) is 3.73. The molecule has 2 saturated heterocycles. The van der Waals surface area contributed by atoms with Crippen LogP contribution in [0.25, 0.3) is 33.6 Å². The van der Waals surface area contributed by atoms with Crippen molar-refractivity contribution in [3.05, 3.63) is 71.6 Å². The van der Waals surface area contributed by atoms with Crippen LogP contribution in [0.15, 0.2) is 48.8 Å². The summed E-state index contributed by atoms with van der Waals surface area (Å²) in [7, 11) is 1.27. The van der Waals surface area contributed by atoms with Gasteiger partial charge in [-0.2, -0.15) is 8.78 Å². The Bertz CT molecular complexity index is 2170. The minimum atomic E-state index is -3.27. The fourth-order valence-corrected chi connectivity index (χ4v) is 8.40. The van der Waals surface area contributed by atoms with Crippen LogP contribution in [0, 0.1) is 11.3 Å². The van der Waals surface area contributed by atoms with Crippen molar-refractivity contribution in [2.75, 3.05) is 20.2 Å². The zero-order valence-electron chi connectivity index (χ0n) is 32.0. The zero-order valence-corrected chi connectivity index (χ0v) is 32.0. The lowest BCUT2D eigenvalue weighted by Gasteiger charge is -2.30. The smallest absolute Gasteiger partial charge is 0.410 e. The number of ether oxygens (including phenoxy) is 2. The molecule has 4 aliphatic rings. The first-order valence-corrected chi connectivity index (χ1v) is 19.0. The molecule has 8 rings (SSSR count). The van der Waals surface area contributed by atoms with Gasteiger partial charge in [0.2, 0.25) is 5.91 Å². The number of benzene rings is 2. The van der Waals surface area contributed by atoms with Gasteiger partial charge in [0.05, 0.1) is 43.0 Å². The fourth-order valence-electron chi connectivity index (χ4n) is 8.40. The van der Waals surface area contributed by atoms with E-state index in [9.17, 15) is 14.4 Å². The lowest BCUT2D eigenvalue weighted by Crippen LogP contribution is -2.51. The number of methoxy groups -OCH3 is 1. The Morgan fingerprint density at radius 3 is 2.02 bits per heavy atom. The Morgan fingerprint density at radius 2 is 1.49 bits per heavy atom. The third-order valence-electron chi connectivity index (χ3n) is 11.5. The van der Waals surface area contributed by atoms with Gasteiger partial charge in [-0.15, -0.1) is 0 Å². The van der Waals surface area contributed by atoms with E-state index in [2.05, 4.69) is 25.3 Å². The van der Waals surface area contributed by atoms with Crippen molar-refractivity contribution >= 4 is 18.1 Å². The molecule has 0 bridgehead atoms. The van der Waals surface area contributed by atoms with Gasteiger partial charge < -0.3 is 29.7 Å². The maximum atomic E-state index is 16.4. The molecule has 4 aromatic rings. The van der Waals surface area contributed by atoms with Crippen molar-refractivity contribution < 1.29 is 32.6 Å². The number of alkyl halides is 2. The monoisotopic (exact) mass is 755 g/mol. The normalized spacial score (nSPS) is 21.1. The topological polar surface area (TPSA) is 146 Å². The number of nitrogens with zero attached hydrogens (tertiary/aromatic N) is 4. The quantitative estimate of drug-likeness (QED) is 0.173. The highest BCUT2D eigenvalue weighted by molar-refractivity contribution is 5.87. The SMILES string of the molecule is COC(=O)NC(C(=O)N1CC2(CC2)C[C@H]1c1ncc(-c2ccc3c(c2)C(F)(F)c2cc(-c4cnc([C@@H]5CCCN5C(=O)OC(C)(C)C)[nH]4)ccc2-3)[nH]1)C(C)C. The Balaban J connectivity index is 1.03. The van der Waals surface area contributed by atoms with Crippen LogP contribution in [0.5, 0.6) is 0 Å².